The van der Waals surface area contributed by atoms with Crippen LogP contribution in [0.1, 0.15) is 30.0 Å². The Kier molecular flexibility index (Phi) is 5.64. The number of hydrogen-bond acceptors (Lipinski definition) is 4. The van der Waals surface area contributed by atoms with Gasteiger partial charge in [0.25, 0.3) is 0 Å². The van der Waals surface area contributed by atoms with Gasteiger partial charge in [-0.1, -0.05) is 23.7 Å². The maximum Gasteiger partial charge on any atom is 0.226 e. The number of aromatic nitrogens is 1. The monoisotopic (exact) mass is 370 g/mol. The predicted molar refractivity (Wildman–Crippen MR) is 105 cm³/mol. The van der Waals surface area contributed by atoms with Crippen molar-refractivity contribution in [1.29, 1.82) is 0 Å². The first-order chi connectivity index (χ1) is 12.5. The second kappa shape index (κ2) is 7.94. The molecule has 1 heterocycles. The number of hydrogen-bond donors (Lipinski definition) is 0. The van der Waals surface area contributed by atoms with Crippen LogP contribution in [-0.2, 0) is 6.54 Å². The SMILES string of the molecule is COc1ccc([C@@H](C)N(C)Cc2nc(-c3ccc(Cl)cc3)oc2C)cc1. The molecule has 0 saturated carbocycles. The number of halogens is 1. The minimum atomic E-state index is 0.246. The maximum atomic E-state index is 5.95. The number of rotatable bonds is 6. The van der Waals surface area contributed by atoms with Gasteiger partial charge in [-0.15, -0.1) is 0 Å². The van der Waals surface area contributed by atoms with Crippen LogP contribution < -0.4 is 4.74 Å². The number of methoxy groups -OCH3 is 1. The average Bonchev–Trinajstić information content (AvgIpc) is 3.02. The van der Waals surface area contributed by atoms with Crippen molar-refractivity contribution < 1.29 is 9.15 Å². The molecule has 0 amide bonds. The van der Waals surface area contributed by atoms with Crippen LogP contribution in [0.4, 0.5) is 0 Å². The lowest BCUT2D eigenvalue weighted by atomic mass is 10.1. The molecule has 0 spiro atoms. The molecule has 136 valence electrons. The van der Waals surface area contributed by atoms with E-state index in [0.29, 0.717) is 17.5 Å². The Bertz CT molecular complexity index is 857. The van der Waals surface area contributed by atoms with E-state index in [2.05, 4.69) is 36.0 Å². The van der Waals surface area contributed by atoms with Crippen LogP contribution in [0.25, 0.3) is 11.5 Å². The van der Waals surface area contributed by atoms with Crippen LogP contribution in [0.5, 0.6) is 5.75 Å². The summed E-state index contributed by atoms with van der Waals surface area (Å²) in [6.45, 7) is 4.83. The molecule has 1 atom stereocenters. The number of benzene rings is 2. The van der Waals surface area contributed by atoms with E-state index >= 15 is 0 Å². The highest BCUT2D eigenvalue weighted by atomic mass is 35.5. The first-order valence-electron chi connectivity index (χ1n) is 8.54. The van der Waals surface area contributed by atoms with Crippen molar-refractivity contribution in [3.63, 3.8) is 0 Å². The second-order valence-corrected chi connectivity index (χ2v) is 6.83. The summed E-state index contributed by atoms with van der Waals surface area (Å²) in [6, 6.07) is 15.9. The summed E-state index contributed by atoms with van der Waals surface area (Å²) in [4.78, 5) is 6.93. The van der Waals surface area contributed by atoms with Crippen molar-refractivity contribution in [1.82, 2.24) is 9.88 Å². The van der Waals surface area contributed by atoms with Crippen LogP contribution in [0.15, 0.2) is 52.9 Å². The fraction of sp³-hybridized carbons (Fsp3) is 0.286. The van der Waals surface area contributed by atoms with Crippen molar-refractivity contribution in [2.45, 2.75) is 26.4 Å². The van der Waals surface area contributed by atoms with E-state index in [-0.39, 0.29) is 6.04 Å². The Hall–Kier alpha value is -2.30. The van der Waals surface area contributed by atoms with Crippen LogP contribution in [0.2, 0.25) is 5.02 Å². The first-order valence-corrected chi connectivity index (χ1v) is 8.92. The highest BCUT2D eigenvalue weighted by molar-refractivity contribution is 6.30. The summed E-state index contributed by atoms with van der Waals surface area (Å²) < 4.78 is 11.1. The fourth-order valence-corrected chi connectivity index (χ4v) is 2.93. The molecule has 5 heteroatoms. The van der Waals surface area contributed by atoms with E-state index in [1.54, 1.807) is 7.11 Å². The molecule has 0 fully saturated rings. The Morgan fingerprint density at radius 2 is 1.77 bits per heavy atom. The van der Waals surface area contributed by atoms with Gasteiger partial charge in [0.05, 0.1) is 12.8 Å². The Balaban J connectivity index is 1.74. The van der Waals surface area contributed by atoms with Gasteiger partial charge in [-0.25, -0.2) is 4.98 Å². The average molecular weight is 371 g/mol. The molecule has 0 radical (unpaired) electrons. The molecule has 2 aromatic carbocycles. The van der Waals surface area contributed by atoms with Crippen molar-refractivity contribution >= 4 is 11.6 Å². The minimum absolute atomic E-state index is 0.246. The van der Waals surface area contributed by atoms with Crippen LogP contribution in [-0.4, -0.2) is 24.0 Å². The van der Waals surface area contributed by atoms with E-state index < -0.39 is 0 Å². The summed E-state index contributed by atoms with van der Waals surface area (Å²) in [6.07, 6.45) is 0. The highest BCUT2D eigenvalue weighted by Crippen LogP contribution is 2.27. The van der Waals surface area contributed by atoms with Gasteiger partial charge in [-0.3, -0.25) is 4.90 Å². The largest absolute Gasteiger partial charge is 0.497 e. The smallest absolute Gasteiger partial charge is 0.226 e. The Morgan fingerprint density at radius 3 is 2.38 bits per heavy atom. The maximum absolute atomic E-state index is 5.95. The normalized spacial score (nSPS) is 12.4. The minimum Gasteiger partial charge on any atom is -0.497 e. The number of nitrogens with zero attached hydrogens (tertiary/aromatic N) is 2. The van der Waals surface area contributed by atoms with Crippen molar-refractivity contribution in [2.75, 3.05) is 14.2 Å². The molecule has 0 unspecified atom stereocenters. The third-order valence-corrected chi connectivity index (χ3v) is 4.89. The molecule has 4 nitrogen and oxygen atoms in total. The van der Waals surface area contributed by atoms with Crippen LogP contribution in [0, 0.1) is 6.92 Å². The zero-order valence-electron chi connectivity index (χ0n) is 15.5. The summed E-state index contributed by atoms with van der Waals surface area (Å²) in [7, 11) is 3.77. The molecule has 0 N–H and O–H groups in total. The topological polar surface area (TPSA) is 38.5 Å². The summed E-state index contributed by atoms with van der Waals surface area (Å²) in [5.74, 6) is 2.33. The molecule has 0 saturated heterocycles. The van der Waals surface area contributed by atoms with Crippen LogP contribution >= 0.6 is 11.6 Å². The van der Waals surface area contributed by atoms with Gasteiger partial charge in [0.2, 0.25) is 5.89 Å². The van der Waals surface area contributed by atoms with E-state index in [9.17, 15) is 0 Å². The van der Waals surface area contributed by atoms with Gasteiger partial charge in [0.15, 0.2) is 0 Å². The molecular weight excluding hydrogens is 348 g/mol. The molecule has 3 aromatic rings. The van der Waals surface area contributed by atoms with E-state index in [0.717, 1.165) is 22.8 Å². The molecule has 0 aliphatic heterocycles. The summed E-state index contributed by atoms with van der Waals surface area (Å²) >= 11 is 5.95. The number of aryl methyl sites for hydroxylation is 1. The molecule has 3 rings (SSSR count). The van der Waals surface area contributed by atoms with Gasteiger partial charge in [0, 0.05) is 23.2 Å². The molecule has 26 heavy (non-hydrogen) atoms. The zero-order chi connectivity index (χ0) is 18.7. The zero-order valence-corrected chi connectivity index (χ0v) is 16.2. The lowest BCUT2D eigenvalue weighted by molar-refractivity contribution is 0.249. The first kappa shape index (κ1) is 18.5. The van der Waals surface area contributed by atoms with Crippen molar-refractivity contribution in [2.24, 2.45) is 0 Å². The summed E-state index contributed by atoms with van der Waals surface area (Å²) in [5, 5.41) is 0.699. The highest BCUT2D eigenvalue weighted by Gasteiger charge is 2.17. The molecule has 1 aromatic heterocycles. The van der Waals surface area contributed by atoms with E-state index in [4.69, 9.17) is 20.8 Å². The Morgan fingerprint density at radius 1 is 1.12 bits per heavy atom. The van der Waals surface area contributed by atoms with E-state index in [1.807, 2.05) is 43.3 Å². The number of oxazole rings is 1. The van der Waals surface area contributed by atoms with Crippen LogP contribution in [0.3, 0.4) is 0 Å². The van der Waals surface area contributed by atoms with Crippen molar-refractivity contribution in [3.05, 3.63) is 70.6 Å². The van der Waals surface area contributed by atoms with Gasteiger partial charge < -0.3 is 9.15 Å². The van der Waals surface area contributed by atoms with Gasteiger partial charge in [-0.2, -0.15) is 0 Å². The summed E-state index contributed by atoms with van der Waals surface area (Å²) in [5.41, 5.74) is 3.10. The third-order valence-electron chi connectivity index (χ3n) is 4.64. The van der Waals surface area contributed by atoms with E-state index in [1.165, 1.54) is 5.56 Å². The molecule has 0 bridgehead atoms. The fourth-order valence-electron chi connectivity index (χ4n) is 2.80. The van der Waals surface area contributed by atoms with Gasteiger partial charge in [-0.05, 0) is 62.9 Å². The van der Waals surface area contributed by atoms with Gasteiger partial charge >= 0.3 is 0 Å². The second-order valence-electron chi connectivity index (χ2n) is 6.39. The molecule has 0 aliphatic rings. The van der Waals surface area contributed by atoms with Gasteiger partial charge in [0.1, 0.15) is 11.5 Å². The lowest BCUT2D eigenvalue weighted by Crippen LogP contribution is -2.22. The Labute approximate surface area is 159 Å². The standard InChI is InChI=1S/C21H23ClN2O2/c1-14(16-7-11-19(25-4)12-8-16)24(3)13-20-15(2)26-21(23-20)17-5-9-18(22)10-6-17/h5-12,14H,13H2,1-4H3/t14-/m1/s1. The quantitative estimate of drug-likeness (QED) is 0.573. The lowest BCUT2D eigenvalue weighted by Gasteiger charge is -2.24. The third kappa shape index (κ3) is 4.09. The van der Waals surface area contributed by atoms with Crippen molar-refractivity contribution in [3.8, 4) is 17.2 Å². The molecule has 0 aliphatic carbocycles. The number of ether oxygens (including phenoxy) is 1. The predicted octanol–water partition coefficient (Wildman–Crippen LogP) is 5.51. The molecular formula is C21H23ClN2O2.